The zero-order valence-corrected chi connectivity index (χ0v) is 20.3. The predicted octanol–water partition coefficient (Wildman–Crippen LogP) is 4.02. The fourth-order valence-electron chi connectivity index (χ4n) is 3.03. The van der Waals surface area contributed by atoms with Crippen LogP contribution in [-0.4, -0.2) is 43.9 Å². The quantitative estimate of drug-likeness (QED) is 0.337. The summed E-state index contributed by atoms with van der Waals surface area (Å²) in [4.78, 5) is 13.0. The normalized spacial score (nSPS) is 12.2. The number of thioether (sulfide) groups is 1. The largest absolute Gasteiger partial charge is 0.497 e. The number of aromatic nitrogens is 2. The molecule has 0 bridgehead atoms. The van der Waals surface area contributed by atoms with Gasteiger partial charge in [0.25, 0.3) is 0 Å². The van der Waals surface area contributed by atoms with Gasteiger partial charge in [-0.25, -0.2) is 8.42 Å². The van der Waals surface area contributed by atoms with Gasteiger partial charge in [0.15, 0.2) is 4.34 Å². The van der Waals surface area contributed by atoms with Gasteiger partial charge in [0.05, 0.1) is 19.1 Å². The van der Waals surface area contributed by atoms with Crippen molar-refractivity contribution in [3.05, 3.63) is 60.2 Å². The predicted molar refractivity (Wildman–Crippen MR) is 129 cm³/mol. The summed E-state index contributed by atoms with van der Waals surface area (Å²) in [6.45, 7) is 1.75. The van der Waals surface area contributed by atoms with Gasteiger partial charge in [-0.15, -0.1) is 10.2 Å². The smallest absolute Gasteiger partial charge is 0.250 e. The Kier molecular flexibility index (Phi) is 8.10. The lowest BCUT2D eigenvalue weighted by molar-refractivity contribution is -0.117. The molecule has 11 heteroatoms. The summed E-state index contributed by atoms with van der Waals surface area (Å²) in [6, 6.07) is 15.6. The van der Waals surface area contributed by atoms with E-state index in [1.165, 1.54) is 30.2 Å². The van der Waals surface area contributed by atoms with Crippen LogP contribution in [-0.2, 0) is 20.6 Å². The van der Waals surface area contributed by atoms with Crippen molar-refractivity contribution >= 4 is 49.8 Å². The van der Waals surface area contributed by atoms with E-state index in [2.05, 4.69) is 15.5 Å². The van der Waals surface area contributed by atoms with E-state index in [0.29, 0.717) is 20.9 Å². The Balaban J connectivity index is 1.74. The average molecular weight is 493 g/mol. The summed E-state index contributed by atoms with van der Waals surface area (Å²) in [5.41, 5.74) is 1.51. The first-order chi connectivity index (χ1) is 15.3. The first kappa shape index (κ1) is 24.0. The first-order valence-electron chi connectivity index (χ1n) is 9.76. The lowest BCUT2D eigenvalue weighted by Crippen LogP contribution is -2.47. The van der Waals surface area contributed by atoms with Gasteiger partial charge in [0.1, 0.15) is 11.8 Å². The third-order valence-electron chi connectivity index (χ3n) is 4.48. The first-order valence-corrected chi connectivity index (χ1v) is 13.4. The maximum Gasteiger partial charge on any atom is 0.250 e. The monoisotopic (exact) mass is 492 g/mol. The highest BCUT2D eigenvalue weighted by Gasteiger charge is 2.32. The molecule has 0 saturated carbocycles. The number of carbonyl (C=O) groups excluding carboxylic acids is 1. The fraction of sp³-hybridized carbons (Fsp3) is 0.286. The van der Waals surface area contributed by atoms with Crippen molar-refractivity contribution in [2.24, 2.45) is 0 Å². The zero-order valence-electron chi connectivity index (χ0n) is 17.9. The Hall–Kier alpha value is -2.63. The molecule has 1 aromatic heterocycles. The third-order valence-corrected chi connectivity index (χ3v) is 7.70. The van der Waals surface area contributed by atoms with Gasteiger partial charge in [-0.1, -0.05) is 66.4 Å². The number of benzene rings is 2. The molecule has 32 heavy (non-hydrogen) atoms. The van der Waals surface area contributed by atoms with Crippen LogP contribution in [0.5, 0.6) is 5.75 Å². The molecular formula is C21H24N4O4S3. The van der Waals surface area contributed by atoms with Crippen LogP contribution in [0.1, 0.15) is 18.9 Å². The van der Waals surface area contributed by atoms with Crippen molar-refractivity contribution in [1.29, 1.82) is 0 Å². The lowest BCUT2D eigenvalue weighted by atomic mass is 10.2. The molecule has 1 amide bonds. The standard InChI is InChI=1S/C21H24N4O4S3/c1-4-18(25(32(3,27)28)16-11-8-12-17(13-16)29-2)19(26)22-20-23-24-21(31-20)30-14-15-9-6-5-7-10-15/h5-13,18H,4,14H2,1-3H3,(H,22,23,26)/t18-/m0/s1. The summed E-state index contributed by atoms with van der Waals surface area (Å²) in [7, 11) is -2.25. The highest BCUT2D eigenvalue weighted by Crippen LogP contribution is 2.30. The molecule has 0 spiro atoms. The molecule has 3 aromatic rings. The average Bonchev–Trinajstić information content (AvgIpc) is 3.23. The van der Waals surface area contributed by atoms with Crippen molar-refractivity contribution in [3.8, 4) is 5.75 Å². The van der Waals surface area contributed by atoms with Crippen LogP contribution in [0.25, 0.3) is 0 Å². The highest BCUT2D eigenvalue weighted by molar-refractivity contribution is 8.00. The maximum atomic E-state index is 13.0. The summed E-state index contributed by atoms with van der Waals surface area (Å²) in [6.07, 6.45) is 1.34. The molecule has 0 aliphatic rings. The number of ether oxygens (including phenoxy) is 1. The van der Waals surface area contributed by atoms with Crippen LogP contribution in [0.15, 0.2) is 58.9 Å². The Morgan fingerprint density at radius 1 is 1.19 bits per heavy atom. The second-order valence-corrected chi connectivity index (χ2v) is 10.9. The maximum absolute atomic E-state index is 13.0. The van der Waals surface area contributed by atoms with Gasteiger partial charge in [0.2, 0.25) is 21.1 Å². The molecule has 170 valence electrons. The number of hydrogen-bond donors (Lipinski definition) is 1. The second kappa shape index (κ2) is 10.8. The second-order valence-electron chi connectivity index (χ2n) is 6.82. The number of sulfonamides is 1. The van der Waals surface area contributed by atoms with Crippen LogP contribution in [0.4, 0.5) is 10.8 Å². The number of hydrogen-bond acceptors (Lipinski definition) is 8. The third kappa shape index (κ3) is 6.21. The molecule has 0 aliphatic carbocycles. The highest BCUT2D eigenvalue weighted by atomic mass is 32.2. The molecule has 1 N–H and O–H groups in total. The zero-order chi connectivity index (χ0) is 23.1. The van der Waals surface area contributed by atoms with Gasteiger partial charge >= 0.3 is 0 Å². The van der Waals surface area contributed by atoms with E-state index in [0.717, 1.165) is 21.9 Å². The molecule has 3 rings (SSSR count). The Bertz CT molecular complexity index is 1150. The van der Waals surface area contributed by atoms with Crippen LogP contribution in [0.3, 0.4) is 0 Å². The van der Waals surface area contributed by atoms with Gasteiger partial charge < -0.3 is 4.74 Å². The van der Waals surface area contributed by atoms with Gasteiger partial charge in [-0.05, 0) is 24.1 Å². The van der Waals surface area contributed by atoms with Crippen LogP contribution >= 0.6 is 23.1 Å². The molecule has 1 atom stereocenters. The Morgan fingerprint density at radius 3 is 2.59 bits per heavy atom. The van der Waals surface area contributed by atoms with Gasteiger partial charge in [-0.2, -0.15) is 0 Å². The van der Waals surface area contributed by atoms with Gasteiger partial charge in [0, 0.05) is 11.8 Å². The molecule has 0 fully saturated rings. The van der Waals surface area contributed by atoms with Crippen molar-refractivity contribution in [2.75, 3.05) is 23.0 Å². The molecule has 0 saturated heterocycles. The Morgan fingerprint density at radius 2 is 1.94 bits per heavy atom. The van der Waals surface area contributed by atoms with E-state index >= 15 is 0 Å². The number of nitrogens with one attached hydrogen (secondary N) is 1. The molecule has 0 aliphatic heterocycles. The van der Waals surface area contributed by atoms with E-state index in [1.54, 1.807) is 31.2 Å². The minimum atomic E-state index is -3.75. The number of nitrogens with zero attached hydrogens (tertiary/aromatic N) is 3. The van der Waals surface area contributed by atoms with Gasteiger partial charge in [-0.3, -0.25) is 14.4 Å². The molecule has 0 unspecified atom stereocenters. The van der Waals surface area contributed by atoms with E-state index in [4.69, 9.17) is 4.74 Å². The minimum absolute atomic E-state index is 0.268. The van der Waals surface area contributed by atoms with Crippen molar-refractivity contribution in [2.45, 2.75) is 29.5 Å². The summed E-state index contributed by atoms with van der Waals surface area (Å²) >= 11 is 2.77. The van der Waals surface area contributed by atoms with E-state index in [1.807, 2.05) is 30.3 Å². The van der Waals surface area contributed by atoms with Crippen molar-refractivity contribution in [1.82, 2.24) is 10.2 Å². The van der Waals surface area contributed by atoms with Crippen LogP contribution in [0, 0.1) is 0 Å². The lowest BCUT2D eigenvalue weighted by Gasteiger charge is -2.29. The van der Waals surface area contributed by atoms with Crippen molar-refractivity contribution in [3.63, 3.8) is 0 Å². The number of amides is 1. The molecule has 8 nitrogen and oxygen atoms in total. The minimum Gasteiger partial charge on any atom is -0.497 e. The van der Waals surface area contributed by atoms with Crippen molar-refractivity contribution < 1.29 is 17.9 Å². The van der Waals surface area contributed by atoms with E-state index in [9.17, 15) is 13.2 Å². The summed E-state index contributed by atoms with van der Waals surface area (Å²) in [5, 5.41) is 11.2. The molecule has 2 aromatic carbocycles. The molecule has 0 radical (unpaired) electrons. The number of rotatable bonds is 10. The summed E-state index contributed by atoms with van der Waals surface area (Å²) in [5.74, 6) is 0.755. The summed E-state index contributed by atoms with van der Waals surface area (Å²) < 4.78 is 32.2. The fourth-order valence-corrected chi connectivity index (χ4v) is 5.95. The topological polar surface area (TPSA) is 101 Å². The molecular weight excluding hydrogens is 468 g/mol. The number of carbonyl (C=O) groups is 1. The SMILES string of the molecule is CC[C@@H](C(=O)Nc1nnc(SCc2ccccc2)s1)N(c1cccc(OC)c1)S(C)(=O)=O. The Labute approximate surface area is 196 Å². The molecule has 1 heterocycles. The van der Waals surface area contributed by atoms with E-state index < -0.39 is 22.0 Å². The van der Waals surface area contributed by atoms with E-state index in [-0.39, 0.29) is 6.42 Å². The number of anilines is 2. The number of methoxy groups -OCH3 is 1. The van der Waals surface area contributed by atoms with Crippen LogP contribution < -0.4 is 14.4 Å². The van der Waals surface area contributed by atoms with Crippen LogP contribution in [0.2, 0.25) is 0 Å².